The maximum absolute atomic E-state index is 12.0. The van der Waals surface area contributed by atoms with Crippen molar-refractivity contribution >= 4 is 41.3 Å². The Morgan fingerprint density at radius 3 is 2.71 bits per heavy atom. The van der Waals surface area contributed by atoms with Gasteiger partial charge in [0.1, 0.15) is 5.75 Å². The molecule has 4 amide bonds. The minimum atomic E-state index is -0.992. The number of carbonyl (C=O) groups excluding carboxylic acids is 3. The normalized spacial score (nSPS) is 13.6. The minimum Gasteiger partial charge on any atom is -0.496 e. The van der Waals surface area contributed by atoms with E-state index in [0.29, 0.717) is 28.1 Å². The van der Waals surface area contributed by atoms with Crippen LogP contribution >= 0.6 is 0 Å². The second-order valence-electron chi connectivity index (χ2n) is 6.37. The van der Waals surface area contributed by atoms with E-state index in [1.807, 2.05) is 0 Å². The maximum Gasteiger partial charge on any atom is 0.342 e. The zero-order valence-electron chi connectivity index (χ0n) is 16.3. The molecule has 4 N–H and O–H groups in total. The lowest BCUT2D eigenvalue weighted by Crippen LogP contribution is -2.37. The van der Waals surface area contributed by atoms with Crippen molar-refractivity contribution in [3.05, 3.63) is 65.2 Å². The molecule has 1 heterocycles. The summed E-state index contributed by atoms with van der Waals surface area (Å²) in [6, 6.07) is 10.7. The molecule has 0 spiro atoms. The van der Waals surface area contributed by atoms with Crippen LogP contribution in [0.2, 0.25) is 0 Å². The Morgan fingerprint density at radius 2 is 1.97 bits per heavy atom. The number of urea groups is 1. The van der Waals surface area contributed by atoms with Crippen LogP contribution in [-0.2, 0) is 20.8 Å². The molecule has 0 saturated heterocycles. The highest BCUT2D eigenvalue weighted by atomic mass is 16.5. The third-order valence-corrected chi connectivity index (χ3v) is 4.23. The van der Waals surface area contributed by atoms with Gasteiger partial charge in [-0.2, -0.15) is 5.10 Å². The van der Waals surface area contributed by atoms with Gasteiger partial charge < -0.3 is 15.2 Å². The third kappa shape index (κ3) is 5.32. The Hall–Kier alpha value is -4.47. The molecule has 0 aliphatic carbocycles. The van der Waals surface area contributed by atoms with Crippen LogP contribution in [0.15, 0.2) is 53.6 Å². The predicted molar refractivity (Wildman–Crippen MR) is 112 cm³/mol. The molecule has 0 aromatic heterocycles. The van der Waals surface area contributed by atoms with E-state index in [-0.39, 0.29) is 12.1 Å². The van der Waals surface area contributed by atoms with Crippen molar-refractivity contribution in [3.8, 4) is 5.75 Å². The number of benzene rings is 2. The molecular weight excluding hydrogens is 404 g/mol. The van der Waals surface area contributed by atoms with Crippen LogP contribution in [0, 0.1) is 0 Å². The first-order valence-corrected chi connectivity index (χ1v) is 9.03. The van der Waals surface area contributed by atoms with Crippen LogP contribution in [0.4, 0.5) is 10.5 Å². The molecule has 0 fully saturated rings. The summed E-state index contributed by atoms with van der Waals surface area (Å²) in [7, 11) is 1.41. The fourth-order valence-electron chi connectivity index (χ4n) is 2.85. The molecule has 3 rings (SSSR count). The number of methoxy groups -OCH3 is 1. The van der Waals surface area contributed by atoms with E-state index in [2.05, 4.69) is 21.2 Å². The molecule has 0 unspecified atom stereocenters. The highest BCUT2D eigenvalue weighted by Gasteiger charge is 2.25. The number of ether oxygens (including phenoxy) is 1. The van der Waals surface area contributed by atoms with Crippen molar-refractivity contribution < 1.29 is 29.0 Å². The van der Waals surface area contributed by atoms with E-state index in [0.717, 1.165) is 6.08 Å². The van der Waals surface area contributed by atoms with E-state index in [1.165, 1.54) is 13.2 Å². The first-order valence-electron chi connectivity index (χ1n) is 9.03. The Bertz CT molecular complexity index is 1120. The number of nitrogens with one attached hydrogen (secondary N) is 3. The molecule has 0 saturated carbocycles. The number of hydrogen-bond donors (Lipinski definition) is 4. The van der Waals surface area contributed by atoms with Gasteiger partial charge in [0.05, 0.1) is 19.2 Å². The van der Waals surface area contributed by atoms with Crippen molar-refractivity contribution in [2.75, 3.05) is 12.4 Å². The molecule has 0 bridgehead atoms. The Kier molecular flexibility index (Phi) is 6.41. The van der Waals surface area contributed by atoms with E-state index in [4.69, 9.17) is 9.84 Å². The Balaban J connectivity index is 1.59. The first-order chi connectivity index (χ1) is 14.9. The van der Waals surface area contributed by atoms with Gasteiger partial charge in [0.25, 0.3) is 11.8 Å². The molecule has 31 heavy (non-hydrogen) atoms. The number of nitrogens with zero attached hydrogens (tertiary/aromatic N) is 1. The number of hydrazone groups is 1. The molecule has 10 nitrogen and oxygen atoms in total. The summed E-state index contributed by atoms with van der Waals surface area (Å²) < 4.78 is 5.16. The number of rotatable bonds is 6. The number of carboxylic acids is 1. The van der Waals surface area contributed by atoms with Crippen molar-refractivity contribution in [1.82, 2.24) is 10.7 Å². The zero-order chi connectivity index (χ0) is 22.4. The van der Waals surface area contributed by atoms with Crippen molar-refractivity contribution in [3.63, 3.8) is 0 Å². The predicted octanol–water partition coefficient (Wildman–Crippen LogP) is 1.52. The topological polar surface area (TPSA) is 146 Å². The molecule has 2 aromatic carbocycles. The lowest BCUT2D eigenvalue weighted by molar-refractivity contribution is -0.136. The lowest BCUT2D eigenvalue weighted by Gasteiger charge is -2.07. The van der Waals surface area contributed by atoms with Crippen LogP contribution in [0.3, 0.4) is 0 Å². The summed E-state index contributed by atoms with van der Waals surface area (Å²) >= 11 is 0. The average Bonchev–Trinajstić information content (AvgIpc) is 3.06. The average molecular weight is 422 g/mol. The van der Waals surface area contributed by atoms with E-state index in [9.17, 15) is 19.2 Å². The number of aliphatic carboxylic acids is 1. The second kappa shape index (κ2) is 9.35. The summed E-state index contributed by atoms with van der Waals surface area (Å²) in [6.07, 6.45) is 2.36. The van der Waals surface area contributed by atoms with E-state index < -0.39 is 23.8 Å². The van der Waals surface area contributed by atoms with Crippen molar-refractivity contribution in [2.24, 2.45) is 5.10 Å². The Labute approximate surface area is 176 Å². The van der Waals surface area contributed by atoms with E-state index >= 15 is 0 Å². The largest absolute Gasteiger partial charge is 0.496 e. The van der Waals surface area contributed by atoms with E-state index in [1.54, 1.807) is 42.5 Å². The maximum atomic E-state index is 12.0. The van der Waals surface area contributed by atoms with Crippen LogP contribution in [0.25, 0.3) is 6.08 Å². The van der Waals surface area contributed by atoms with Gasteiger partial charge in [-0.3, -0.25) is 19.7 Å². The monoisotopic (exact) mass is 422 g/mol. The first kappa shape index (κ1) is 21.2. The molecule has 0 atom stereocenters. The van der Waals surface area contributed by atoms with Gasteiger partial charge in [-0.05, 0) is 23.8 Å². The van der Waals surface area contributed by atoms with Gasteiger partial charge in [0.15, 0.2) is 5.71 Å². The number of hydrogen-bond acceptors (Lipinski definition) is 6. The smallest absolute Gasteiger partial charge is 0.342 e. The van der Waals surface area contributed by atoms with Crippen molar-refractivity contribution in [1.29, 1.82) is 0 Å². The summed E-state index contributed by atoms with van der Waals surface area (Å²) in [5.41, 5.74) is 4.33. The highest BCUT2D eigenvalue weighted by Crippen LogP contribution is 2.23. The van der Waals surface area contributed by atoms with Gasteiger partial charge in [0.2, 0.25) is 0 Å². The number of imide groups is 1. The quantitative estimate of drug-likeness (QED) is 0.410. The summed E-state index contributed by atoms with van der Waals surface area (Å²) in [5, 5.41) is 17.3. The number of carbonyl (C=O) groups is 4. The molecule has 2 aromatic rings. The number of para-hydroxylation sites is 1. The fourth-order valence-corrected chi connectivity index (χ4v) is 2.85. The standard InChI is InChI=1S/C21H18N4O6/c1-31-16-10-12(6-8-13(16)11-18(27)28)7-9-17(26)23-21(30)25-24-19-14-4-2-3-5-15(14)22-20(19)29/h2-10H,11H2,1H3,(H,27,28)(H,22,24,29)(H2,23,25,26,30)/b9-7+. The van der Waals surface area contributed by atoms with Gasteiger partial charge in [-0.25, -0.2) is 10.2 Å². The van der Waals surface area contributed by atoms with Crippen molar-refractivity contribution in [2.45, 2.75) is 6.42 Å². The van der Waals surface area contributed by atoms with Crippen LogP contribution in [-0.4, -0.2) is 41.7 Å². The van der Waals surface area contributed by atoms with Crippen LogP contribution in [0.5, 0.6) is 5.75 Å². The summed E-state index contributed by atoms with van der Waals surface area (Å²) in [4.78, 5) is 46.6. The third-order valence-electron chi connectivity index (χ3n) is 4.23. The van der Waals surface area contributed by atoms with Gasteiger partial charge in [-0.15, -0.1) is 0 Å². The molecular formula is C21H18N4O6. The van der Waals surface area contributed by atoms with Gasteiger partial charge in [-0.1, -0.05) is 30.3 Å². The minimum absolute atomic E-state index is 0.0299. The summed E-state index contributed by atoms with van der Waals surface area (Å²) in [6.45, 7) is 0. The molecule has 1 aliphatic rings. The number of carboxylic acid groups (broad SMARTS) is 1. The summed E-state index contributed by atoms with van der Waals surface area (Å²) in [5.74, 6) is -1.81. The van der Waals surface area contributed by atoms with Crippen LogP contribution in [0.1, 0.15) is 16.7 Å². The molecule has 1 aliphatic heterocycles. The Morgan fingerprint density at radius 1 is 1.19 bits per heavy atom. The molecule has 0 radical (unpaired) electrons. The highest BCUT2D eigenvalue weighted by molar-refractivity contribution is 6.53. The lowest BCUT2D eigenvalue weighted by atomic mass is 10.1. The number of amides is 4. The number of fused-ring (bicyclic) bond motifs is 1. The van der Waals surface area contributed by atoms with Crippen LogP contribution < -0.4 is 20.8 Å². The van der Waals surface area contributed by atoms with Gasteiger partial charge in [0, 0.05) is 17.2 Å². The second-order valence-corrected chi connectivity index (χ2v) is 6.37. The van der Waals surface area contributed by atoms with Gasteiger partial charge >= 0.3 is 12.0 Å². The number of anilines is 1. The zero-order valence-corrected chi connectivity index (χ0v) is 16.3. The fraction of sp³-hybridized carbons (Fsp3) is 0.0952. The SMILES string of the molecule is COc1cc(/C=C/C(=O)NC(=O)N/N=C2\C(=O)Nc3ccccc32)ccc1CC(=O)O. The molecule has 158 valence electrons. The molecule has 10 heteroatoms.